The molecule has 6 heteroatoms. The Morgan fingerprint density at radius 2 is 1.91 bits per heavy atom. The zero-order valence-corrected chi connectivity index (χ0v) is 20.9. The Bertz CT molecular complexity index is 937. The van der Waals surface area contributed by atoms with Crippen molar-refractivity contribution in [1.29, 1.82) is 0 Å². The molecule has 178 valence electrons. The second kappa shape index (κ2) is 10.8. The van der Waals surface area contributed by atoms with Crippen LogP contribution in [0.25, 0.3) is 0 Å². The first-order valence-electron chi connectivity index (χ1n) is 12.4. The van der Waals surface area contributed by atoms with Crippen molar-refractivity contribution in [3.63, 3.8) is 0 Å². The lowest BCUT2D eigenvalue weighted by atomic mass is 9.81. The van der Waals surface area contributed by atoms with Crippen molar-refractivity contribution in [2.75, 3.05) is 26.7 Å². The summed E-state index contributed by atoms with van der Waals surface area (Å²) >= 11 is 1.62. The number of hydrogen-bond donors (Lipinski definition) is 1. The Kier molecular flexibility index (Phi) is 7.86. The third-order valence-electron chi connectivity index (χ3n) is 7.08. The quantitative estimate of drug-likeness (QED) is 0.590. The summed E-state index contributed by atoms with van der Waals surface area (Å²) in [6.45, 7) is 6.34. The number of rotatable bonds is 8. The van der Waals surface area contributed by atoms with Crippen molar-refractivity contribution in [1.82, 2.24) is 15.1 Å². The molecule has 0 radical (unpaired) electrons. The van der Waals surface area contributed by atoms with Gasteiger partial charge in [-0.2, -0.15) is 0 Å². The van der Waals surface area contributed by atoms with Crippen LogP contribution in [0, 0.1) is 5.92 Å². The molecule has 5 nitrogen and oxygen atoms in total. The molecule has 1 saturated carbocycles. The highest BCUT2D eigenvalue weighted by atomic mass is 32.1. The van der Waals surface area contributed by atoms with E-state index in [0.29, 0.717) is 30.6 Å². The summed E-state index contributed by atoms with van der Waals surface area (Å²) in [5.74, 6) is -0.0521. The fourth-order valence-electron chi connectivity index (χ4n) is 5.42. The number of fused-ring (bicyclic) bond motifs is 1. The minimum absolute atomic E-state index is 0.0131. The summed E-state index contributed by atoms with van der Waals surface area (Å²) in [4.78, 5) is 32.6. The third-order valence-corrected chi connectivity index (χ3v) is 8.02. The van der Waals surface area contributed by atoms with Crippen molar-refractivity contribution in [3.8, 4) is 0 Å². The van der Waals surface area contributed by atoms with E-state index >= 15 is 0 Å². The van der Waals surface area contributed by atoms with Crippen LogP contribution in [0.1, 0.15) is 78.7 Å². The average molecular weight is 468 g/mol. The van der Waals surface area contributed by atoms with Crippen LogP contribution in [0.5, 0.6) is 0 Å². The number of hydrogen-bond acceptors (Lipinski definition) is 4. The normalized spacial score (nSPS) is 21.5. The smallest absolute Gasteiger partial charge is 0.254 e. The standard InChI is InChI=1S/C27H37N3O2S/c1-19(2)18-30-25(23-14-9-17-33-23)24(21-12-7-8-13-22(21)27(30)32)26(31)28-15-16-29(3)20-10-5-4-6-11-20/h7-9,12-14,17,19-20,24-25H,4-6,10-11,15-16,18H2,1-3H3,(H,28,31)/t24-,25+/m0/s1. The Hall–Kier alpha value is -2.18. The molecule has 1 N–H and O–H groups in total. The molecule has 1 aromatic carbocycles. The Morgan fingerprint density at radius 1 is 1.15 bits per heavy atom. The van der Waals surface area contributed by atoms with Crippen molar-refractivity contribution in [2.45, 2.75) is 64.0 Å². The number of likely N-dealkylation sites (N-methyl/N-ethyl adjacent to an activating group) is 1. The average Bonchev–Trinajstić information content (AvgIpc) is 3.35. The number of thiophene rings is 1. The van der Waals surface area contributed by atoms with E-state index < -0.39 is 5.92 Å². The number of carbonyl (C=O) groups excluding carboxylic acids is 2. The van der Waals surface area contributed by atoms with Gasteiger partial charge in [-0.3, -0.25) is 9.59 Å². The zero-order chi connectivity index (χ0) is 23.4. The topological polar surface area (TPSA) is 52.7 Å². The minimum Gasteiger partial charge on any atom is -0.354 e. The molecule has 2 amide bonds. The second-order valence-corrected chi connectivity index (χ2v) is 10.9. The van der Waals surface area contributed by atoms with E-state index in [4.69, 9.17) is 0 Å². The Labute approximate surface area is 202 Å². The highest BCUT2D eigenvalue weighted by Gasteiger charge is 2.44. The number of benzene rings is 1. The van der Waals surface area contributed by atoms with Crippen LogP contribution in [0.4, 0.5) is 0 Å². The molecule has 2 atom stereocenters. The third kappa shape index (κ3) is 5.33. The molecule has 4 rings (SSSR count). The van der Waals surface area contributed by atoms with Gasteiger partial charge in [-0.05, 0) is 48.9 Å². The molecule has 0 bridgehead atoms. The first-order chi connectivity index (χ1) is 16.0. The molecule has 0 saturated heterocycles. The van der Waals surface area contributed by atoms with Crippen LogP contribution in [-0.4, -0.2) is 54.3 Å². The van der Waals surface area contributed by atoms with Gasteiger partial charge in [-0.15, -0.1) is 11.3 Å². The second-order valence-electron chi connectivity index (χ2n) is 9.94. The van der Waals surface area contributed by atoms with Gasteiger partial charge in [0, 0.05) is 36.1 Å². The number of nitrogens with zero attached hydrogens (tertiary/aromatic N) is 2. The predicted octanol–water partition coefficient (Wildman–Crippen LogP) is 5.07. The maximum absolute atomic E-state index is 13.7. The number of amides is 2. The van der Waals surface area contributed by atoms with Crippen LogP contribution in [0.2, 0.25) is 0 Å². The van der Waals surface area contributed by atoms with Gasteiger partial charge in [-0.25, -0.2) is 0 Å². The molecule has 33 heavy (non-hydrogen) atoms. The fourth-order valence-corrected chi connectivity index (χ4v) is 6.29. The van der Waals surface area contributed by atoms with Crippen LogP contribution < -0.4 is 5.32 Å². The van der Waals surface area contributed by atoms with Crippen molar-refractivity contribution < 1.29 is 9.59 Å². The van der Waals surface area contributed by atoms with Crippen molar-refractivity contribution >= 4 is 23.2 Å². The first kappa shape index (κ1) is 24.0. The van der Waals surface area contributed by atoms with Gasteiger partial charge in [0.15, 0.2) is 0 Å². The number of carbonyl (C=O) groups is 2. The van der Waals surface area contributed by atoms with Gasteiger partial charge in [0.2, 0.25) is 5.91 Å². The lowest BCUT2D eigenvalue weighted by Crippen LogP contribution is -2.49. The van der Waals surface area contributed by atoms with Crippen LogP contribution in [-0.2, 0) is 4.79 Å². The summed E-state index contributed by atoms with van der Waals surface area (Å²) < 4.78 is 0. The predicted molar refractivity (Wildman–Crippen MR) is 135 cm³/mol. The maximum atomic E-state index is 13.7. The lowest BCUT2D eigenvalue weighted by Gasteiger charge is -2.42. The van der Waals surface area contributed by atoms with Gasteiger partial charge < -0.3 is 15.1 Å². The first-order valence-corrected chi connectivity index (χ1v) is 13.3. The van der Waals surface area contributed by atoms with E-state index in [1.54, 1.807) is 11.3 Å². The van der Waals surface area contributed by atoms with Crippen LogP contribution in [0.3, 0.4) is 0 Å². The molecular formula is C27H37N3O2S. The number of nitrogens with one attached hydrogen (secondary N) is 1. The van der Waals surface area contributed by atoms with E-state index in [0.717, 1.165) is 17.0 Å². The van der Waals surface area contributed by atoms with Crippen molar-refractivity contribution in [2.24, 2.45) is 5.92 Å². The summed E-state index contributed by atoms with van der Waals surface area (Å²) in [7, 11) is 2.18. The van der Waals surface area contributed by atoms with E-state index in [1.807, 2.05) is 40.6 Å². The monoisotopic (exact) mass is 467 g/mol. The lowest BCUT2D eigenvalue weighted by molar-refractivity contribution is -0.124. The molecule has 1 aliphatic heterocycles. The van der Waals surface area contributed by atoms with Gasteiger partial charge in [0.05, 0.1) is 12.0 Å². The molecule has 2 aromatic rings. The molecule has 1 aromatic heterocycles. The van der Waals surface area contributed by atoms with Gasteiger partial charge in [0.1, 0.15) is 0 Å². The molecule has 2 heterocycles. The van der Waals surface area contributed by atoms with E-state index in [-0.39, 0.29) is 17.9 Å². The van der Waals surface area contributed by atoms with E-state index in [2.05, 4.69) is 37.2 Å². The van der Waals surface area contributed by atoms with Gasteiger partial charge in [0.25, 0.3) is 5.91 Å². The summed E-state index contributed by atoms with van der Waals surface area (Å²) in [5.41, 5.74) is 1.50. The van der Waals surface area contributed by atoms with E-state index in [9.17, 15) is 9.59 Å². The highest BCUT2D eigenvalue weighted by molar-refractivity contribution is 7.10. The molecule has 1 aliphatic carbocycles. The Morgan fingerprint density at radius 3 is 2.61 bits per heavy atom. The molecular weight excluding hydrogens is 430 g/mol. The Balaban J connectivity index is 1.57. The summed E-state index contributed by atoms with van der Waals surface area (Å²) in [6, 6.07) is 12.1. The van der Waals surface area contributed by atoms with E-state index in [1.165, 1.54) is 32.1 Å². The van der Waals surface area contributed by atoms with Crippen LogP contribution in [0.15, 0.2) is 41.8 Å². The molecule has 0 spiro atoms. The molecule has 1 fully saturated rings. The fraction of sp³-hybridized carbons (Fsp3) is 0.556. The largest absolute Gasteiger partial charge is 0.354 e. The SMILES string of the molecule is CC(C)CN1C(=O)c2ccccc2[C@H](C(=O)NCCN(C)C2CCCCC2)[C@H]1c1cccs1. The maximum Gasteiger partial charge on any atom is 0.254 e. The molecule has 0 unspecified atom stereocenters. The summed E-state index contributed by atoms with van der Waals surface area (Å²) in [5, 5.41) is 5.26. The van der Waals surface area contributed by atoms with Crippen LogP contribution >= 0.6 is 11.3 Å². The van der Waals surface area contributed by atoms with Gasteiger partial charge >= 0.3 is 0 Å². The zero-order valence-electron chi connectivity index (χ0n) is 20.1. The minimum atomic E-state index is -0.406. The highest BCUT2D eigenvalue weighted by Crippen LogP contribution is 2.44. The van der Waals surface area contributed by atoms with Crippen molar-refractivity contribution in [3.05, 3.63) is 57.8 Å². The summed E-state index contributed by atoms with van der Waals surface area (Å²) in [6.07, 6.45) is 6.48. The molecule has 2 aliphatic rings. The van der Waals surface area contributed by atoms with Gasteiger partial charge in [-0.1, -0.05) is 57.4 Å².